The fraction of sp³-hybridized carbons (Fsp3) is 0.211. The zero-order valence-electron chi connectivity index (χ0n) is 13.4. The lowest BCUT2D eigenvalue weighted by atomic mass is 10.1. The Morgan fingerprint density at radius 2 is 2.04 bits per heavy atom. The number of amides is 1. The molecule has 0 aliphatic heterocycles. The number of rotatable bonds is 6. The molecule has 2 aromatic carbocycles. The van der Waals surface area contributed by atoms with Crippen molar-refractivity contribution in [1.82, 2.24) is 10.3 Å². The zero-order valence-corrected chi connectivity index (χ0v) is 13.4. The van der Waals surface area contributed by atoms with Gasteiger partial charge in [-0.2, -0.15) is 0 Å². The summed E-state index contributed by atoms with van der Waals surface area (Å²) in [7, 11) is 1.63. The van der Waals surface area contributed by atoms with Crippen LogP contribution in [-0.2, 0) is 17.6 Å². The largest absolute Gasteiger partial charge is 0.496 e. The van der Waals surface area contributed by atoms with Crippen LogP contribution in [0.1, 0.15) is 11.1 Å². The summed E-state index contributed by atoms with van der Waals surface area (Å²) in [6.45, 7) is 0.524. The van der Waals surface area contributed by atoms with Crippen molar-refractivity contribution < 1.29 is 13.9 Å². The van der Waals surface area contributed by atoms with E-state index in [1.54, 1.807) is 19.4 Å². The third-order valence-electron chi connectivity index (χ3n) is 3.99. The highest BCUT2D eigenvalue weighted by Crippen LogP contribution is 2.20. The van der Waals surface area contributed by atoms with Gasteiger partial charge in [0.1, 0.15) is 11.6 Å². The van der Waals surface area contributed by atoms with E-state index in [0.29, 0.717) is 13.0 Å². The van der Waals surface area contributed by atoms with E-state index in [1.807, 2.05) is 24.3 Å². The number of fused-ring (bicyclic) bond motifs is 1. The molecule has 1 heterocycles. The molecule has 5 heteroatoms. The maximum atomic E-state index is 13.4. The van der Waals surface area contributed by atoms with Gasteiger partial charge in [-0.15, -0.1) is 0 Å². The number of aromatic nitrogens is 1. The van der Waals surface area contributed by atoms with Crippen LogP contribution in [0.2, 0.25) is 0 Å². The number of carbonyl (C=O) groups is 1. The predicted octanol–water partition coefficient (Wildman–Crippen LogP) is 3.22. The van der Waals surface area contributed by atoms with Gasteiger partial charge in [-0.3, -0.25) is 4.79 Å². The number of H-pyrrole nitrogens is 1. The van der Waals surface area contributed by atoms with Crippen molar-refractivity contribution in [2.75, 3.05) is 13.7 Å². The molecular formula is C19H19FN2O2. The Morgan fingerprint density at radius 1 is 1.21 bits per heavy atom. The van der Waals surface area contributed by atoms with Crippen molar-refractivity contribution in [3.05, 3.63) is 65.6 Å². The zero-order chi connectivity index (χ0) is 16.9. The third kappa shape index (κ3) is 3.56. The first-order chi connectivity index (χ1) is 11.7. The van der Waals surface area contributed by atoms with E-state index < -0.39 is 0 Å². The number of halogens is 1. The van der Waals surface area contributed by atoms with E-state index in [4.69, 9.17) is 4.74 Å². The summed E-state index contributed by atoms with van der Waals surface area (Å²) in [6, 6.07) is 12.3. The fourth-order valence-electron chi connectivity index (χ4n) is 2.78. The highest BCUT2D eigenvalue weighted by Gasteiger charge is 2.10. The number of benzene rings is 2. The molecule has 24 heavy (non-hydrogen) atoms. The number of hydrogen-bond donors (Lipinski definition) is 2. The van der Waals surface area contributed by atoms with Crippen LogP contribution in [0.4, 0.5) is 4.39 Å². The van der Waals surface area contributed by atoms with Crippen molar-refractivity contribution in [1.29, 1.82) is 0 Å². The number of carbonyl (C=O) groups excluding carboxylic acids is 1. The Bertz CT molecular complexity index is 857. The molecule has 0 aliphatic carbocycles. The quantitative estimate of drug-likeness (QED) is 0.731. The van der Waals surface area contributed by atoms with Crippen molar-refractivity contribution in [2.45, 2.75) is 12.8 Å². The lowest BCUT2D eigenvalue weighted by Crippen LogP contribution is -2.27. The Balaban J connectivity index is 1.58. The van der Waals surface area contributed by atoms with Crippen LogP contribution in [0.3, 0.4) is 0 Å². The van der Waals surface area contributed by atoms with Gasteiger partial charge >= 0.3 is 0 Å². The average Bonchev–Trinajstić information content (AvgIpc) is 2.97. The summed E-state index contributed by atoms with van der Waals surface area (Å²) < 4.78 is 18.7. The Hall–Kier alpha value is -2.82. The third-order valence-corrected chi connectivity index (χ3v) is 3.99. The number of ether oxygens (including phenoxy) is 1. The molecule has 0 unspecified atom stereocenters. The minimum absolute atomic E-state index is 0.0879. The van der Waals surface area contributed by atoms with Gasteiger partial charge in [0.25, 0.3) is 0 Å². The number of hydrogen-bond acceptors (Lipinski definition) is 2. The maximum Gasteiger partial charge on any atom is 0.224 e. The number of nitrogens with one attached hydrogen (secondary N) is 2. The first-order valence-electron chi connectivity index (χ1n) is 7.81. The first kappa shape index (κ1) is 16.1. The SMILES string of the molecule is COc1ccccc1CCNC(=O)Cc1c[nH]c2ccc(F)cc12. The van der Waals surface area contributed by atoms with Crippen LogP contribution in [0.25, 0.3) is 10.9 Å². The van der Waals surface area contributed by atoms with Crippen molar-refractivity contribution in [3.63, 3.8) is 0 Å². The molecule has 4 nitrogen and oxygen atoms in total. The van der Waals surface area contributed by atoms with Crippen LogP contribution >= 0.6 is 0 Å². The summed E-state index contributed by atoms with van der Waals surface area (Å²) in [5.74, 6) is 0.425. The fourth-order valence-corrected chi connectivity index (χ4v) is 2.78. The number of aromatic amines is 1. The standard InChI is InChI=1S/C19H19FN2O2/c1-24-18-5-3-2-4-13(18)8-9-21-19(23)10-14-12-22-17-7-6-15(20)11-16(14)17/h2-7,11-12,22H,8-10H2,1H3,(H,21,23). The lowest BCUT2D eigenvalue weighted by Gasteiger charge is -2.09. The van der Waals surface area contributed by atoms with E-state index in [9.17, 15) is 9.18 Å². The van der Waals surface area contributed by atoms with Crippen LogP contribution < -0.4 is 10.1 Å². The molecule has 2 N–H and O–H groups in total. The smallest absolute Gasteiger partial charge is 0.224 e. The van der Waals surface area contributed by atoms with Gasteiger partial charge in [0.15, 0.2) is 0 Å². The summed E-state index contributed by atoms with van der Waals surface area (Å²) >= 11 is 0. The average molecular weight is 326 g/mol. The molecule has 3 aromatic rings. The van der Waals surface area contributed by atoms with Gasteiger partial charge in [0.2, 0.25) is 5.91 Å². The second-order valence-electron chi connectivity index (χ2n) is 5.59. The second-order valence-corrected chi connectivity index (χ2v) is 5.59. The Labute approximate surface area is 139 Å². The highest BCUT2D eigenvalue weighted by molar-refractivity contribution is 5.88. The van der Waals surface area contributed by atoms with Crippen LogP contribution in [-0.4, -0.2) is 24.5 Å². The molecule has 0 saturated carbocycles. The predicted molar refractivity (Wildman–Crippen MR) is 91.7 cm³/mol. The maximum absolute atomic E-state index is 13.4. The van der Waals surface area contributed by atoms with Gasteiger partial charge in [0, 0.05) is 23.6 Å². The van der Waals surface area contributed by atoms with Gasteiger partial charge in [-0.25, -0.2) is 4.39 Å². The highest BCUT2D eigenvalue weighted by atomic mass is 19.1. The van der Waals surface area contributed by atoms with Gasteiger partial charge in [-0.05, 0) is 41.8 Å². The normalized spacial score (nSPS) is 10.8. The summed E-state index contributed by atoms with van der Waals surface area (Å²) in [5, 5.41) is 3.64. The van der Waals surface area contributed by atoms with E-state index >= 15 is 0 Å². The molecule has 1 amide bonds. The van der Waals surface area contributed by atoms with Gasteiger partial charge in [0.05, 0.1) is 13.5 Å². The minimum atomic E-state index is -0.306. The molecular weight excluding hydrogens is 307 g/mol. The van der Waals surface area contributed by atoms with Gasteiger partial charge < -0.3 is 15.0 Å². The van der Waals surface area contributed by atoms with Crippen molar-refractivity contribution in [2.24, 2.45) is 0 Å². The molecule has 0 spiro atoms. The molecule has 0 atom stereocenters. The minimum Gasteiger partial charge on any atom is -0.496 e. The molecule has 0 saturated heterocycles. The Morgan fingerprint density at radius 3 is 2.88 bits per heavy atom. The summed E-state index contributed by atoms with van der Waals surface area (Å²) in [5.41, 5.74) is 2.67. The molecule has 0 radical (unpaired) electrons. The number of para-hydroxylation sites is 1. The van der Waals surface area contributed by atoms with E-state index in [-0.39, 0.29) is 18.1 Å². The monoisotopic (exact) mass is 326 g/mol. The van der Waals surface area contributed by atoms with Gasteiger partial charge in [-0.1, -0.05) is 18.2 Å². The van der Waals surface area contributed by atoms with Crippen LogP contribution in [0.15, 0.2) is 48.7 Å². The van der Waals surface area contributed by atoms with E-state index in [1.165, 1.54) is 12.1 Å². The number of methoxy groups -OCH3 is 1. The Kier molecular flexibility index (Phi) is 4.79. The van der Waals surface area contributed by atoms with Crippen LogP contribution in [0, 0.1) is 5.82 Å². The first-order valence-corrected chi connectivity index (χ1v) is 7.81. The molecule has 1 aromatic heterocycles. The summed E-state index contributed by atoms with van der Waals surface area (Å²) in [6.07, 6.45) is 2.66. The van der Waals surface area contributed by atoms with E-state index in [0.717, 1.165) is 27.8 Å². The molecule has 3 rings (SSSR count). The molecule has 0 bridgehead atoms. The second kappa shape index (κ2) is 7.17. The summed E-state index contributed by atoms with van der Waals surface area (Å²) in [4.78, 5) is 15.2. The molecule has 124 valence electrons. The lowest BCUT2D eigenvalue weighted by molar-refractivity contribution is -0.120. The van der Waals surface area contributed by atoms with Crippen molar-refractivity contribution >= 4 is 16.8 Å². The van der Waals surface area contributed by atoms with Crippen LogP contribution in [0.5, 0.6) is 5.75 Å². The topological polar surface area (TPSA) is 54.1 Å². The molecule has 0 aliphatic rings. The molecule has 0 fully saturated rings. The van der Waals surface area contributed by atoms with Crippen molar-refractivity contribution in [3.8, 4) is 5.75 Å². The van der Waals surface area contributed by atoms with E-state index in [2.05, 4.69) is 10.3 Å².